The van der Waals surface area contributed by atoms with Crippen LogP contribution in [-0.2, 0) is 0 Å². The third-order valence-electron chi connectivity index (χ3n) is 5.50. The van der Waals surface area contributed by atoms with Crippen LogP contribution in [0.3, 0.4) is 0 Å². The highest BCUT2D eigenvalue weighted by Crippen LogP contribution is 2.26. The first-order chi connectivity index (χ1) is 14.3. The van der Waals surface area contributed by atoms with Crippen LogP contribution in [0.1, 0.15) is 19.8 Å². The monoisotopic (exact) mass is 422 g/mol. The SMILES string of the molecule is CC(Nc1ccc2nnc(-c3ccccc3F)n2n1)C1CCN(CC(F)(F)F)CC1. The van der Waals surface area contributed by atoms with Crippen LogP contribution < -0.4 is 5.32 Å². The molecule has 3 heterocycles. The molecule has 1 fully saturated rings. The van der Waals surface area contributed by atoms with Gasteiger partial charge in [0, 0.05) is 6.04 Å². The first-order valence-corrected chi connectivity index (χ1v) is 9.83. The number of anilines is 1. The Balaban J connectivity index is 1.46. The summed E-state index contributed by atoms with van der Waals surface area (Å²) < 4.78 is 53.4. The van der Waals surface area contributed by atoms with Crippen molar-refractivity contribution < 1.29 is 17.6 Å². The van der Waals surface area contributed by atoms with Crippen LogP contribution in [0.25, 0.3) is 17.0 Å². The fraction of sp³-hybridized carbons (Fsp3) is 0.450. The number of hydrogen-bond donors (Lipinski definition) is 1. The Labute approximate surface area is 170 Å². The average Bonchev–Trinajstić information content (AvgIpc) is 3.11. The normalized spacial score (nSPS) is 17.4. The van der Waals surface area contributed by atoms with Crippen molar-refractivity contribution in [3.8, 4) is 11.4 Å². The molecule has 3 aromatic rings. The summed E-state index contributed by atoms with van der Waals surface area (Å²) in [5, 5.41) is 15.9. The summed E-state index contributed by atoms with van der Waals surface area (Å²) in [5.41, 5.74) is 0.798. The highest BCUT2D eigenvalue weighted by atomic mass is 19.4. The zero-order valence-electron chi connectivity index (χ0n) is 16.4. The van der Waals surface area contributed by atoms with Crippen LogP contribution in [0.4, 0.5) is 23.4 Å². The maximum atomic E-state index is 14.2. The zero-order chi connectivity index (χ0) is 21.3. The molecule has 10 heteroatoms. The molecule has 4 rings (SSSR count). The van der Waals surface area contributed by atoms with E-state index >= 15 is 0 Å². The Hall–Kier alpha value is -2.75. The van der Waals surface area contributed by atoms with E-state index in [-0.39, 0.29) is 12.0 Å². The predicted octanol–water partition coefficient (Wildman–Crippen LogP) is 4.01. The van der Waals surface area contributed by atoms with Gasteiger partial charge in [0.1, 0.15) is 11.6 Å². The number of likely N-dealkylation sites (tertiary alicyclic amines) is 1. The van der Waals surface area contributed by atoms with E-state index in [4.69, 9.17) is 0 Å². The number of nitrogens with one attached hydrogen (secondary N) is 1. The number of aromatic nitrogens is 4. The van der Waals surface area contributed by atoms with Gasteiger partial charge in [0.25, 0.3) is 0 Å². The molecule has 1 aliphatic heterocycles. The Bertz CT molecular complexity index is 1010. The van der Waals surface area contributed by atoms with E-state index in [1.54, 1.807) is 30.3 Å². The van der Waals surface area contributed by atoms with E-state index in [9.17, 15) is 17.6 Å². The Kier molecular flexibility index (Phi) is 5.59. The third-order valence-corrected chi connectivity index (χ3v) is 5.50. The minimum Gasteiger partial charge on any atom is -0.366 e. The quantitative estimate of drug-likeness (QED) is 0.630. The van der Waals surface area contributed by atoms with Crippen molar-refractivity contribution in [2.45, 2.75) is 32.0 Å². The summed E-state index contributed by atoms with van der Waals surface area (Å²) in [6.07, 6.45) is -2.80. The van der Waals surface area contributed by atoms with E-state index in [1.165, 1.54) is 15.5 Å². The predicted molar refractivity (Wildman–Crippen MR) is 104 cm³/mol. The first-order valence-electron chi connectivity index (χ1n) is 9.83. The lowest BCUT2D eigenvalue weighted by molar-refractivity contribution is -0.148. The standard InChI is InChI=1S/C20H22F4N6/c1-13(14-8-10-29(11-9-14)12-20(22,23)24)25-17-6-7-18-26-27-19(30(18)28-17)15-4-2-3-5-16(15)21/h2-7,13-14H,8-12H2,1H3,(H,25,28). The molecule has 1 saturated heterocycles. The van der Waals surface area contributed by atoms with Crippen LogP contribution in [0.15, 0.2) is 36.4 Å². The van der Waals surface area contributed by atoms with E-state index in [0.717, 1.165) is 0 Å². The lowest BCUT2D eigenvalue weighted by Gasteiger charge is -2.35. The van der Waals surface area contributed by atoms with Gasteiger partial charge < -0.3 is 5.32 Å². The molecule has 0 saturated carbocycles. The van der Waals surface area contributed by atoms with Gasteiger partial charge in [-0.1, -0.05) is 12.1 Å². The van der Waals surface area contributed by atoms with Gasteiger partial charge in [0.15, 0.2) is 11.5 Å². The molecule has 6 nitrogen and oxygen atoms in total. The maximum absolute atomic E-state index is 14.2. The first kappa shape index (κ1) is 20.5. The van der Waals surface area contributed by atoms with Crippen molar-refractivity contribution in [2.24, 2.45) is 5.92 Å². The fourth-order valence-corrected chi connectivity index (χ4v) is 3.89. The molecule has 0 bridgehead atoms. The van der Waals surface area contributed by atoms with Gasteiger partial charge >= 0.3 is 6.18 Å². The number of rotatable bonds is 5. The lowest BCUT2D eigenvalue weighted by Crippen LogP contribution is -2.43. The maximum Gasteiger partial charge on any atom is 0.401 e. The van der Waals surface area contributed by atoms with Crippen molar-refractivity contribution in [3.05, 3.63) is 42.2 Å². The molecule has 0 radical (unpaired) electrons. The molecular formula is C20H22F4N6. The second-order valence-corrected chi connectivity index (χ2v) is 7.65. The molecule has 1 atom stereocenters. The number of alkyl halides is 3. The molecular weight excluding hydrogens is 400 g/mol. The molecule has 1 N–H and O–H groups in total. The minimum atomic E-state index is -4.16. The number of fused-ring (bicyclic) bond motifs is 1. The molecule has 2 aromatic heterocycles. The molecule has 0 spiro atoms. The van der Waals surface area contributed by atoms with Gasteiger partial charge in [-0.15, -0.1) is 15.3 Å². The molecule has 160 valence electrons. The molecule has 0 aliphatic carbocycles. The smallest absolute Gasteiger partial charge is 0.366 e. The zero-order valence-corrected chi connectivity index (χ0v) is 16.4. The van der Waals surface area contributed by atoms with Crippen LogP contribution in [0.5, 0.6) is 0 Å². The highest BCUT2D eigenvalue weighted by molar-refractivity contribution is 5.60. The highest BCUT2D eigenvalue weighted by Gasteiger charge is 2.33. The molecule has 1 unspecified atom stereocenters. The Morgan fingerprint density at radius 3 is 2.53 bits per heavy atom. The van der Waals surface area contributed by atoms with Crippen LogP contribution in [0, 0.1) is 11.7 Å². The van der Waals surface area contributed by atoms with Gasteiger partial charge in [-0.25, -0.2) is 4.39 Å². The van der Waals surface area contributed by atoms with Crippen molar-refractivity contribution in [1.29, 1.82) is 0 Å². The van der Waals surface area contributed by atoms with Crippen molar-refractivity contribution in [2.75, 3.05) is 25.0 Å². The minimum absolute atomic E-state index is 0.0244. The summed E-state index contributed by atoms with van der Waals surface area (Å²) >= 11 is 0. The van der Waals surface area contributed by atoms with E-state index in [2.05, 4.69) is 20.6 Å². The van der Waals surface area contributed by atoms with Crippen LogP contribution >= 0.6 is 0 Å². The second-order valence-electron chi connectivity index (χ2n) is 7.65. The van der Waals surface area contributed by atoms with Gasteiger partial charge in [0.2, 0.25) is 0 Å². The Morgan fingerprint density at radius 1 is 1.10 bits per heavy atom. The van der Waals surface area contributed by atoms with Crippen LogP contribution in [0.2, 0.25) is 0 Å². The van der Waals surface area contributed by atoms with Crippen molar-refractivity contribution in [1.82, 2.24) is 24.7 Å². The van der Waals surface area contributed by atoms with E-state index < -0.39 is 18.5 Å². The summed E-state index contributed by atoms with van der Waals surface area (Å²) in [6, 6.07) is 9.82. The van der Waals surface area contributed by atoms with Gasteiger partial charge in [-0.05, 0) is 63.0 Å². The van der Waals surface area contributed by atoms with Crippen molar-refractivity contribution in [3.63, 3.8) is 0 Å². The van der Waals surface area contributed by atoms with Crippen LogP contribution in [-0.4, -0.2) is 56.6 Å². The summed E-state index contributed by atoms with van der Waals surface area (Å²) in [6.45, 7) is 1.99. The molecule has 1 aromatic carbocycles. The largest absolute Gasteiger partial charge is 0.401 e. The number of halogens is 4. The Morgan fingerprint density at radius 2 is 1.83 bits per heavy atom. The lowest BCUT2D eigenvalue weighted by atomic mass is 9.90. The molecule has 30 heavy (non-hydrogen) atoms. The fourth-order valence-electron chi connectivity index (χ4n) is 3.89. The summed E-state index contributed by atoms with van der Waals surface area (Å²) in [7, 11) is 0. The third kappa shape index (κ3) is 4.53. The summed E-state index contributed by atoms with van der Waals surface area (Å²) in [5.74, 6) is 0.704. The number of piperidine rings is 1. The van der Waals surface area contributed by atoms with Gasteiger partial charge in [-0.2, -0.15) is 17.7 Å². The topological polar surface area (TPSA) is 58.4 Å². The molecule has 1 aliphatic rings. The van der Waals surface area contributed by atoms with Gasteiger partial charge in [0.05, 0.1) is 12.1 Å². The number of hydrogen-bond acceptors (Lipinski definition) is 5. The van der Waals surface area contributed by atoms with E-state index in [0.29, 0.717) is 48.8 Å². The molecule has 0 amide bonds. The number of nitrogens with zero attached hydrogens (tertiary/aromatic N) is 5. The second kappa shape index (κ2) is 8.17. The van der Waals surface area contributed by atoms with E-state index in [1.807, 2.05) is 6.92 Å². The van der Waals surface area contributed by atoms with Gasteiger partial charge in [-0.3, -0.25) is 4.90 Å². The number of benzene rings is 1. The van der Waals surface area contributed by atoms with Crippen molar-refractivity contribution >= 4 is 11.5 Å². The average molecular weight is 422 g/mol. The summed E-state index contributed by atoms with van der Waals surface area (Å²) in [4.78, 5) is 1.45.